The number of hydrogen-bond acceptors (Lipinski definition) is 20. The fourth-order valence-electron chi connectivity index (χ4n) is 9.38. The van der Waals surface area contributed by atoms with Gasteiger partial charge in [0.05, 0.1) is 79.1 Å². The van der Waals surface area contributed by atoms with Crippen molar-refractivity contribution < 1.29 is 71.5 Å². The fourth-order valence-corrected chi connectivity index (χ4v) is 10.4. The van der Waals surface area contributed by atoms with Crippen molar-refractivity contribution in [1.29, 1.82) is 0 Å². The number of allylic oxidation sites excluding steroid dienone is 4. The molecule has 9 rings (SSSR count). The van der Waals surface area contributed by atoms with Crippen molar-refractivity contribution >= 4 is 70.0 Å². The first-order valence-electron chi connectivity index (χ1n) is 31.1. The van der Waals surface area contributed by atoms with Crippen LogP contribution in [0.4, 0.5) is 11.4 Å². The highest BCUT2D eigenvalue weighted by Crippen LogP contribution is 2.23. The van der Waals surface area contributed by atoms with Crippen molar-refractivity contribution in [3.05, 3.63) is 134 Å². The molecule has 0 N–H and O–H groups in total. The number of nitrogens with zero attached hydrogens (tertiary/aromatic N) is 7. The van der Waals surface area contributed by atoms with E-state index in [0.717, 1.165) is 127 Å². The molecule has 7 aliphatic heterocycles. The lowest BCUT2D eigenvalue weighted by atomic mass is 10.0. The van der Waals surface area contributed by atoms with E-state index in [1.165, 1.54) is 18.2 Å². The maximum Gasteiger partial charge on any atom is 0.334 e. The molecule has 0 bridgehead atoms. The van der Waals surface area contributed by atoms with Gasteiger partial charge in [-0.15, -0.1) is 0 Å². The zero-order chi connectivity index (χ0) is 66.2. The summed E-state index contributed by atoms with van der Waals surface area (Å²) in [6.07, 6.45) is 5.48. The highest BCUT2D eigenvalue weighted by molar-refractivity contribution is 7.99. The Bertz CT molecular complexity index is 2690. The highest BCUT2D eigenvalue weighted by atomic mass is 32.2. The average molecular weight is 1280 g/mol. The largest absolute Gasteiger partial charge is 0.446 e. The molecule has 23 heteroatoms. The predicted molar refractivity (Wildman–Crippen MR) is 355 cm³/mol. The molecule has 91 heavy (non-hydrogen) atoms. The summed E-state index contributed by atoms with van der Waals surface area (Å²) in [5.74, 6) is 1.92. The number of rotatable bonds is 21. The van der Waals surface area contributed by atoms with Gasteiger partial charge in [0, 0.05) is 157 Å². The standard InChI is InChI=1S/C15H19NO2.C13H20N2O4.C13H15NO2.C9H13NO3.C9H15NO2S.C9H15NO2/c1-12(2)15(17)11-13-5-3-4-6-14(13)16-7-9-18-10-8-16;1-11(13(17)15-4-8-19-9-5-15)10-12(16)14-2-6-18-7-3-14;1-2-13(15)11-3-5-12(6-4-11)14-7-9-16-10-8-14;1-2-8(11)3-4-10-5-6-13-7-9(10)12;1-8(2)9(11)12-7-10-3-5-13-6-4-10;1-2-9(11)3-4-10-5-7-12-8-6-10/h3-6H,1,7-11H2,2H3;1-10H2;2-6H,1,7-10H2;2H,1,3-7H2;1,3-7H2,2H3;2H,1,3-8H2. The summed E-state index contributed by atoms with van der Waals surface area (Å²) in [6, 6.07) is 15.7. The van der Waals surface area contributed by atoms with Crippen molar-refractivity contribution in [2.24, 2.45) is 0 Å². The SMILES string of the molecule is C=C(C)C(=O)Cc1ccccc1N1CCOCC1.C=C(C)C(=O)OCN1CCSCC1.C=C(CC(=O)N1CCOCC1)C(=O)N1CCOCC1.C=CC(=O)CCN1CCOCC1.C=CC(=O)CCN1CCOCC1=O.C=CC(=O)c1ccc(N2CCOCC2)cc1. The first kappa shape index (κ1) is 76.5. The Kier molecular flexibility index (Phi) is 37.5. The van der Waals surface area contributed by atoms with Gasteiger partial charge in [0.2, 0.25) is 17.7 Å². The number of esters is 1. The van der Waals surface area contributed by atoms with E-state index >= 15 is 0 Å². The van der Waals surface area contributed by atoms with Crippen LogP contribution in [0, 0.1) is 0 Å². The Morgan fingerprint density at radius 3 is 1.58 bits per heavy atom. The van der Waals surface area contributed by atoms with Crippen LogP contribution in [-0.2, 0) is 73.1 Å². The van der Waals surface area contributed by atoms with Crippen LogP contribution in [0.25, 0.3) is 0 Å². The van der Waals surface area contributed by atoms with E-state index < -0.39 is 0 Å². The van der Waals surface area contributed by atoms with Crippen LogP contribution < -0.4 is 9.80 Å². The second kappa shape index (κ2) is 44.5. The molecule has 3 amide bonds. The number of carbonyl (C=O) groups excluding carboxylic acids is 8. The van der Waals surface area contributed by atoms with Crippen molar-refractivity contribution in [3.63, 3.8) is 0 Å². The lowest BCUT2D eigenvalue weighted by Crippen LogP contribution is -2.43. The Morgan fingerprint density at radius 2 is 1.05 bits per heavy atom. The number of morpholine rings is 6. The third-order valence-electron chi connectivity index (χ3n) is 15.0. The highest BCUT2D eigenvalue weighted by Gasteiger charge is 2.25. The Labute approximate surface area is 542 Å². The summed E-state index contributed by atoms with van der Waals surface area (Å²) in [4.78, 5) is 105. The number of ketones is 4. The molecule has 7 heterocycles. The number of anilines is 2. The molecule has 0 radical (unpaired) electrons. The molecular weight excluding hydrogens is 1190 g/mol. The summed E-state index contributed by atoms with van der Waals surface area (Å²) in [5.41, 5.74) is 5.50. The lowest BCUT2D eigenvalue weighted by molar-refractivity contribution is -0.144. The van der Waals surface area contributed by atoms with E-state index in [0.29, 0.717) is 121 Å². The molecule has 22 nitrogen and oxygen atoms in total. The zero-order valence-corrected chi connectivity index (χ0v) is 54.6. The molecule has 0 saturated carbocycles. The maximum atomic E-state index is 12.1. The van der Waals surface area contributed by atoms with Crippen LogP contribution >= 0.6 is 11.8 Å². The van der Waals surface area contributed by atoms with Crippen LogP contribution in [0.15, 0.2) is 123 Å². The smallest absolute Gasteiger partial charge is 0.334 e. The van der Waals surface area contributed by atoms with Crippen LogP contribution in [0.3, 0.4) is 0 Å². The number of thioether (sulfide) groups is 1. The summed E-state index contributed by atoms with van der Waals surface area (Å²) in [5, 5.41) is 0. The Balaban J connectivity index is 0.000000235. The van der Waals surface area contributed by atoms with Gasteiger partial charge < -0.3 is 57.7 Å². The van der Waals surface area contributed by atoms with Gasteiger partial charge in [-0.05, 0) is 73.5 Å². The third-order valence-corrected chi connectivity index (χ3v) is 15.9. The van der Waals surface area contributed by atoms with Gasteiger partial charge in [0.1, 0.15) is 13.3 Å². The van der Waals surface area contributed by atoms with Crippen molar-refractivity contribution in [2.75, 3.05) is 205 Å². The minimum absolute atomic E-state index is 0.0284. The van der Waals surface area contributed by atoms with E-state index in [1.54, 1.807) is 28.5 Å². The van der Waals surface area contributed by atoms with Crippen molar-refractivity contribution in [2.45, 2.75) is 39.5 Å². The van der Waals surface area contributed by atoms with E-state index in [9.17, 15) is 38.4 Å². The van der Waals surface area contributed by atoms with Crippen LogP contribution in [-0.4, -0.2) is 267 Å². The molecule has 500 valence electrons. The van der Waals surface area contributed by atoms with Gasteiger partial charge in [0.15, 0.2) is 23.1 Å². The predicted octanol–water partition coefficient (Wildman–Crippen LogP) is 5.32. The summed E-state index contributed by atoms with van der Waals surface area (Å²) >= 11 is 1.94. The van der Waals surface area contributed by atoms with Gasteiger partial charge in [-0.25, -0.2) is 4.79 Å². The van der Waals surface area contributed by atoms with E-state index in [1.807, 2.05) is 54.2 Å². The minimum Gasteiger partial charge on any atom is -0.446 e. The van der Waals surface area contributed by atoms with Crippen LogP contribution in [0.2, 0.25) is 0 Å². The van der Waals surface area contributed by atoms with Gasteiger partial charge in [0.25, 0.3) is 0 Å². The molecule has 7 aliphatic rings. The van der Waals surface area contributed by atoms with Gasteiger partial charge in [-0.3, -0.25) is 43.4 Å². The number of ether oxygens (including phenoxy) is 7. The molecule has 0 unspecified atom stereocenters. The number of benzene rings is 2. The fraction of sp³-hybridized carbons (Fsp3) is 0.529. The van der Waals surface area contributed by atoms with Crippen LogP contribution in [0.1, 0.15) is 49.0 Å². The number of amides is 3. The number of Topliss-reactive ketones (excluding diaryl/α,β-unsaturated/α-hetero) is 1. The average Bonchev–Trinajstić information content (AvgIpc) is 3.16. The monoisotopic (exact) mass is 1280 g/mol. The first-order valence-corrected chi connectivity index (χ1v) is 32.3. The second-order valence-corrected chi connectivity index (χ2v) is 23.0. The summed E-state index contributed by atoms with van der Waals surface area (Å²) < 4.78 is 36.2. The van der Waals surface area contributed by atoms with E-state index in [-0.39, 0.29) is 59.9 Å². The lowest BCUT2D eigenvalue weighted by Gasteiger charge is -2.30. The quantitative estimate of drug-likeness (QED) is 0.0876. The van der Waals surface area contributed by atoms with E-state index in [4.69, 9.17) is 33.2 Å². The minimum atomic E-state index is -0.293. The molecular formula is C68H97N7O15S. The topological polar surface area (TPSA) is 224 Å². The zero-order valence-electron chi connectivity index (χ0n) is 53.8. The molecule has 0 aromatic heterocycles. The summed E-state index contributed by atoms with van der Waals surface area (Å²) in [6.45, 7) is 44.4. The van der Waals surface area contributed by atoms with Crippen molar-refractivity contribution in [1.82, 2.24) is 24.5 Å². The molecule has 7 fully saturated rings. The normalized spacial score (nSPS) is 17.6. The molecule has 2 aromatic carbocycles. The number of carbonyl (C=O) groups is 8. The van der Waals surface area contributed by atoms with Crippen LogP contribution in [0.5, 0.6) is 0 Å². The number of para-hydroxylation sites is 1. The van der Waals surface area contributed by atoms with E-state index in [2.05, 4.69) is 65.1 Å². The Morgan fingerprint density at radius 1 is 0.549 bits per heavy atom. The van der Waals surface area contributed by atoms with Gasteiger partial charge in [-0.2, -0.15) is 11.8 Å². The molecule has 0 aliphatic carbocycles. The molecule has 2 aromatic rings. The van der Waals surface area contributed by atoms with Gasteiger partial charge >= 0.3 is 5.97 Å². The third kappa shape index (κ3) is 30.4. The first-order chi connectivity index (χ1) is 43.9. The van der Waals surface area contributed by atoms with Gasteiger partial charge in [-0.1, -0.05) is 57.7 Å². The molecule has 0 atom stereocenters. The summed E-state index contributed by atoms with van der Waals surface area (Å²) in [7, 11) is 0. The number of hydrogen-bond donors (Lipinski definition) is 0. The maximum absolute atomic E-state index is 12.1. The molecule has 0 spiro atoms. The second-order valence-electron chi connectivity index (χ2n) is 21.8. The molecule has 7 saturated heterocycles. The Hall–Kier alpha value is -6.93. The van der Waals surface area contributed by atoms with Crippen molar-refractivity contribution in [3.8, 4) is 0 Å².